The first-order chi connectivity index (χ1) is 12.2. The molecule has 2 aromatic rings. The molecule has 0 bridgehead atoms. The fourth-order valence-electron chi connectivity index (χ4n) is 2.91. The van der Waals surface area contributed by atoms with Gasteiger partial charge in [0.2, 0.25) is 12.7 Å². The number of nitrogens with zero attached hydrogens (tertiary/aromatic N) is 2. The molecule has 132 valence electrons. The highest BCUT2D eigenvalue weighted by Gasteiger charge is 2.31. The maximum Gasteiger partial charge on any atom is 0.231 e. The molecule has 0 unspecified atom stereocenters. The van der Waals surface area contributed by atoms with Crippen LogP contribution in [0, 0.1) is 0 Å². The van der Waals surface area contributed by atoms with E-state index in [0.29, 0.717) is 30.5 Å². The number of carbonyl (C=O) groups excluding carboxylic acids is 1. The van der Waals surface area contributed by atoms with Crippen LogP contribution in [0.2, 0.25) is 0 Å². The standard InChI is InChI=1S/C17H19N3O5/c1-20-7-12(6-18-20)25-16-9-22-8-13(16)19-17(21)5-11-2-3-14-15(4-11)24-10-23-14/h2-4,6-7,13,16H,5,8-10H2,1H3,(H,19,21)/t13-,16+/m0/s1. The number of ether oxygens (including phenoxy) is 4. The third-order valence-corrected chi connectivity index (χ3v) is 4.15. The molecular weight excluding hydrogens is 326 g/mol. The van der Waals surface area contributed by atoms with Gasteiger partial charge in [-0.3, -0.25) is 9.48 Å². The summed E-state index contributed by atoms with van der Waals surface area (Å²) in [6, 6.07) is 5.32. The van der Waals surface area contributed by atoms with Gasteiger partial charge in [-0.1, -0.05) is 6.07 Å². The van der Waals surface area contributed by atoms with Crippen LogP contribution in [0.3, 0.4) is 0 Å². The number of rotatable bonds is 5. The zero-order valence-electron chi connectivity index (χ0n) is 13.8. The van der Waals surface area contributed by atoms with Gasteiger partial charge in [-0.05, 0) is 17.7 Å². The van der Waals surface area contributed by atoms with Gasteiger partial charge < -0.3 is 24.3 Å². The SMILES string of the molecule is Cn1cc(O[C@@H]2COC[C@@H]2NC(=O)Cc2ccc3c(c2)OCO3)cn1. The summed E-state index contributed by atoms with van der Waals surface area (Å²) in [5, 5.41) is 7.05. The lowest BCUT2D eigenvalue weighted by Crippen LogP contribution is -2.45. The number of carbonyl (C=O) groups is 1. The van der Waals surface area contributed by atoms with Crippen LogP contribution >= 0.6 is 0 Å². The van der Waals surface area contributed by atoms with Crippen molar-refractivity contribution in [2.45, 2.75) is 18.6 Å². The van der Waals surface area contributed by atoms with Crippen molar-refractivity contribution in [2.75, 3.05) is 20.0 Å². The molecular formula is C17H19N3O5. The Balaban J connectivity index is 1.35. The zero-order chi connectivity index (χ0) is 17.2. The van der Waals surface area contributed by atoms with Crippen LogP contribution in [0.1, 0.15) is 5.56 Å². The number of benzene rings is 1. The van der Waals surface area contributed by atoms with Crippen molar-refractivity contribution in [1.29, 1.82) is 0 Å². The lowest BCUT2D eigenvalue weighted by atomic mass is 10.1. The van der Waals surface area contributed by atoms with Gasteiger partial charge in [0.25, 0.3) is 0 Å². The summed E-state index contributed by atoms with van der Waals surface area (Å²) >= 11 is 0. The van der Waals surface area contributed by atoms with E-state index in [1.165, 1.54) is 0 Å². The summed E-state index contributed by atoms with van der Waals surface area (Å²) in [6.45, 7) is 1.08. The van der Waals surface area contributed by atoms with E-state index in [0.717, 1.165) is 5.56 Å². The minimum atomic E-state index is -0.232. The average molecular weight is 345 g/mol. The monoisotopic (exact) mass is 345 g/mol. The van der Waals surface area contributed by atoms with E-state index < -0.39 is 0 Å². The molecule has 1 fully saturated rings. The molecule has 8 nitrogen and oxygen atoms in total. The topological polar surface area (TPSA) is 83.8 Å². The van der Waals surface area contributed by atoms with Gasteiger partial charge in [-0.2, -0.15) is 5.10 Å². The van der Waals surface area contributed by atoms with Crippen molar-refractivity contribution >= 4 is 5.91 Å². The normalized spacial score (nSPS) is 21.3. The predicted molar refractivity (Wildman–Crippen MR) is 86.6 cm³/mol. The lowest BCUT2D eigenvalue weighted by Gasteiger charge is -2.19. The summed E-state index contributed by atoms with van der Waals surface area (Å²) < 4.78 is 23.6. The van der Waals surface area contributed by atoms with Crippen molar-refractivity contribution in [3.05, 3.63) is 36.2 Å². The number of fused-ring (bicyclic) bond motifs is 1. The number of nitrogens with one attached hydrogen (secondary N) is 1. The smallest absolute Gasteiger partial charge is 0.231 e. The van der Waals surface area contributed by atoms with Gasteiger partial charge in [0.15, 0.2) is 17.2 Å². The number of hydrogen-bond donors (Lipinski definition) is 1. The summed E-state index contributed by atoms with van der Waals surface area (Å²) in [4.78, 5) is 12.4. The molecule has 1 amide bonds. The Morgan fingerprint density at radius 2 is 2.24 bits per heavy atom. The molecule has 25 heavy (non-hydrogen) atoms. The molecule has 8 heteroatoms. The first kappa shape index (κ1) is 15.8. The molecule has 0 aliphatic carbocycles. The van der Waals surface area contributed by atoms with E-state index in [4.69, 9.17) is 18.9 Å². The Labute approximate surface area is 144 Å². The lowest BCUT2D eigenvalue weighted by molar-refractivity contribution is -0.121. The number of aryl methyl sites for hydroxylation is 1. The van der Waals surface area contributed by atoms with E-state index in [9.17, 15) is 4.79 Å². The van der Waals surface area contributed by atoms with E-state index in [1.807, 2.05) is 25.2 Å². The summed E-state index contributed by atoms with van der Waals surface area (Å²) in [6.07, 6.45) is 3.45. The molecule has 2 atom stereocenters. The van der Waals surface area contributed by atoms with Crippen molar-refractivity contribution in [3.8, 4) is 17.2 Å². The molecule has 1 aromatic heterocycles. The second-order valence-electron chi connectivity index (χ2n) is 6.08. The summed E-state index contributed by atoms with van der Waals surface area (Å²) in [7, 11) is 1.82. The Morgan fingerprint density at radius 1 is 1.36 bits per heavy atom. The second-order valence-corrected chi connectivity index (χ2v) is 6.08. The van der Waals surface area contributed by atoms with Crippen LogP contribution < -0.4 is 19.5 Å². The van der Waals surface area contributed by atoms with Crippen LogP contribution in [0.5, 0.6) is 17.2 Å². The number of hydrogen-bond acceptors (Lipinski definition) is 6. The van der Waals surface area contributed by atoms with Gasteiger partial charge in [0.05, 0.1) is 38.1 Å². The molecule has 0 radical (unpaired) electrons. The predicted octanol–water partition coefficient (Wildman–Crippen LogP) is 0.654. The average Bonchev–Trinajstić information content (AvgIpc) is 3.30. The second kappa shape index (κ2) is 6.64. The quantitative estimate of drug-likeness (QED) is 0.857. The van der Waals surface area contributed by atoms with E-state index in [1.54, 1.807) is 17.1 Å². The molecule has 1 N–H and O–H groups in total. The van der Waals surface area contributed by atoms with E-state index >= 15 is 0 Å². The first-order valence-electron chi connectivity index (χ1n) is 8.08. The van der Waals surface area contributed by atoms with E-state index in [2.05, 4.69) is 10.4 Å². The number of aromatic nitrogens is 2. The molecule has 2 aliphatic rings. The zero-order valence-corrected chi connectivity index (χ0v) is 13.8. The third-order valence-electron chi connectivity index (χ3n) is 4.15. The fraction of sp³-hybridized carbons (Fsp3) is 0.412. The molecule has 1 saturated heterocycles. The Morgan fingerprint density at radius 3 is 3.08 bits per heavy atom. The van der Waals surface area contributed by atoms with Crippen LogP contribution in [-0.2, 0) is 23.0 Å². The van der Waals surface area contributed by atoms with Crippen LogP contribution in [-0.4, -0.2) is 47.8 Å². The summed E-state index contributed by atoms with van der Waals surface area (Å²) in [5.41, 5.74) is 0.866. The van der Waals surface area contributed by atoms with Crippen molar-refractivity contribution < 1.29 is 23.7 Å². The van der Waals surface area contributed by atoms with Gasteiger partial charge in [0, 0.05) is 7.05 Å². The summed E-state index contributed by atoms with van der Waals surface area (Å²) in [5.74, 6) is 1.95. The van der Waals surface area contributed by atoms with Crippen LogP contribution in [0.4, 0.5) is 0 Å². The fourth-order valence-corrected chi connectivity index (χ4v) is 2.91. The molecule has 0 saturated carbocycles. The van der Waals surface area contributed by atoms with E-state index in [-0.39, 0.29) is 31.3 Å². The Bertz CT molecular complexity index is 775. The first-order valence-corrected chi connectivity index (χ1v) is 8.08. The maximum atomic E-state index is 12.4. The Hall–Kier alpha value is -2.74. The third kappa shape index (κ3) is 3.53. The minimum absolute atomic E-state index is 0.0887. The van der Waals surface area contributed by atoms with Crippen molar-refractivity contribution in [1.82, 2.24) is 15.1 Å². The van der Waals surface area contributed by atoms with Gasteiger partial charge >= 0.3 is 0 Å². The van der Waals surface area contributed by atoms with Gasteiger partial charge in [-0.15, -0.1) is 0 Å². The largest absolute Gasteiger partial charge is 0.482 e. The highest BCUT2D eigenvalue weighted by atomic mass is 16.7. The highest BCUT2D eigenvalue weighted by molar-refractivity contribution is 5.79. The number of amides is 1. The van der Waals surface area contributed by atoms with Crippen LogP contribution in [0.15, 0.2) is 30.6 Å². The van der Waals surface area contributed by atoms with Gasteiger partial charge in [-0.25, -0.2) is 0 Å². The Kier molecular flexibility index (Phi) is 4.19. The van der Waals surface area contributed by atoms with Crippen molar-refractivity contribution in [2.24, 2.45) is 7.05 Å². The van der Waals surface area contributed by atoms with Crippen LogP contribution in [0.25, 0.3) is 0 Å². The maximum absolute atomic E-state index is 12.4. The highest BCUT2D eigenvalue weighted by Crippen LogP contribution is 2.32. The molecule has 2 aliphatic heterocycles. The molecule has 0 spiro atoms. The molecule has 4 rings (SSSR count). The molecule has 3 heterocycles. The van der Waals surface area contributed by atoms with Gasteiger partial charge in [0.1, 0.15) is 6.10 Å². The molecule has 1 aromatic carbocycles. The van der Waals surface area contributed by atoms with Crippen molar-refractivity contribution in [3.63, 3.8) is 0 Å². The minimum Gasteiger partial charge on any atom is -0.482 e.